The van der Waals surface area contributed by atoms with Crippen LogP contribution in [0.15, 0.2) is 12.2 Å². The molecule has 0 aromatic carbocycles. The van der Waals surface area contributed by atoms with Gasteiger partial charge in [0, 0.05) is 0 Å². The molecule has 1 nitrogen and oxygen atoms in total. The number of rotatable bonds is 1. The summed E-state index contributed by atoms with van der Waals surface area (Å²) in [5.41, 5.74) is 1.25. The molecular formula is C15H26O. The van der Waals surface area contributed by atoms with Crippen molar-refractivity contribution < 1.29 is 5.11 Å². The third kappa shape index (κ3) is 1.95. The van der Waals surface area contributed by atoms with Gasteiger partial charge in [0.25, 0.3) is 0 Å². The number of allylic oxidation sites excluding steroid dienone is 1. The second kappa shape index (κ2) is 3.87. The van der Waals surface area contributed by atoms with Crippen molar-refractivity contribution in [3.63, 3.8) is 0 Å². The molecule has 0 aromatic heterocycles. The van der Waals surface area contributed by atoms with Gasteiger partial charge in [-0.1, -0.05) is 25.5 Å². The van der Waals surface area contributed by atoms with Gasteiger partial charge < -0.3 is 5.11 Å². The van der Waals surface area contributed by atoms with Gasteiger partial charge in [0.15, 0.2) is 0 Å². The third-order valence-electron chi connectivity index (χ3n) is 5.30. The molecule has 0 bridgehead atoms. The Balaban J connectivity index is 2.21. The van der Waals surface area contributed by atoms with Gasteiger partial charge in [-0.15, -0.1) is 0 Å². The van der Waals surface area contributed by atoms with Gasteiger partial charge in [0.2, 0.25) is 0 Å². The number of hydrogen-bond acceptors (Lipinski definition) is 1. The maximum atomic E-state index is 10.6. The molecule has 2 rings (SSSR count). The van der Waals surface area contributed by atoms with Crippen LogP contribution < -0.4 is 0 Å². The van der Waals surface area contributed by atoms with E-state index in [1.807, 2.05) is 0 Å². The first-order valence-corrected chi connectivity index (χ1v) is 6.73. The van der Waals surface area contributed by atoms with Crippen LogP contribution in [0.1, 0.15) is 59.3 Å². The highest BCUT2D eigenvalue weighted by Crippen LogP contribution is 2.56. The molecule has 2 aliphatic rings. The molecular weight excluding hydrogens is 196 g/mol. The van der Waals surface area contributed by atoms with Crippen LogP contribution in [0.3, 0.4) is 0 Å². The molecule has 2 saturated carbocycles. The lowest BCUT2D eigenvalue weighted by Gasteiger charge is -2.54. The second-order valence-electron chi connectivity index (χ2n) is 6.73. The van der Waals surface area contributed by atoms with Crippen LogP contribution in [-0.4, -0.2) is 10.7 Å². The fourth-order valence-corrected chi connectivity index (χ4v) is 4.14. The zero-order chi connectivity index (χ0) is 12.0. The van der Waals surface area contributed by atoms with Gasteiger partial charge in [0.05, 0.1) is 5.60 Å². The Hall–Kier alpha value is -0.300. The quantitative estimate of drug-likeness (QED) is 0.667. The van der Waals surface area contributed by atoms with E-state index in [1.165, 1.54) is 31.3 Å². The van der Waals surface area contributed by atoms with Crippen LogP contribution in [0, 0.1) is 17.3 Å². The summed E-state index contributed by atoms with van der Waals surface area (Å²) >= 11 is 0. The Morgan fingerprint density at radius 1 is 1.25 bits per heavy atom. The van der Waals surface area contributed by atoms with Crippen LogP contribution in [0.4, 0.5) is 0 Å². The summed E-state index contributed by atoms with van der Waals surface area (Å²) in [6, 6.07) is 0. The van der Waals surface area contributed by atoms with Crippen LogP contribution >= 0.6 is 0 Å². The molecule has 16 heavy (non-hydrogen) atoms. The van der Waals surface area contributed by atoms with Gasteiger partial charge in [-0.25, -0.2) is 0 Å². The Morgan fingerprint density at radius 3 is 2.56 bits per heavy atom. The average Bonchev–Trinajstić information content (AvgIpc) is 2.15. The van der Waals surface area contributed by atoms with E-state index in [4.69, 9.17) is 0 Å². The summed E-state index contributed by atoms with van der Waals surface area (Å²) in [6.07, 6.45) is 7.17. The van der Waals surface area contributed by atoms with Gasteiger partial charge in [0.1, 0.15) is 0 Å². The van der Waals surface area contributed by atoms with E-state index in [2.05, 4.69) is 27.4 Å². The Bertz CT molecular complexity index is 292. The normalized spacial score (nSPS) is 48.5. The monoisotopic (exact) mass is 222 g/mol. The third-order valence-corrected chi connectivity index (χ3v) is 5.30. The summed E-state index contributed by atoms with van der Waals surface area (Å²) in [5, 5.41) is 10.6. The number of aliphatic hydroxyl groups is 1. The largest absolute Gasteiger partial charge is 0.390 e. The van der Waals surface area contributed by atoms with Crippen molar-refractivity contribution in [1.82, 2.24) is 0 Å². The molecule has 1 N–H and O–H groups in total. The maximum absolute atomic E-state index is 10.6. The van der Waals surface area contributed by atoms with E-state index in [0.29, 0.717) is 17.3 Å². The van der Waals surface area contributed by atoms with Crippen molar-refractivity contribution in [2.24, 2.45) is 17.3 Å². The molecule has 92 valence electrons. The van der Waals surface area contributed by atoms with Crippen molar-refractivity contribution in [3.8, 4) is 0 Å². The standard InChI is InChI=1S/C15H26O/c1-11(2)12-6-9-14(3)7-5-8-15(4,16)13(14)10-12/h12-13,16H,1,5-10H2,2-4H3/t12-,13?,14+,15+/m0/s1. The minimum absolute atomic E-state index is 0.383. The van der Waals surface area contributed by atoms with Crippen molar-refractivity contribution in [3.05, 3.63) is 12.2 Å². The molecule has 0 aliphatic heterocycles. The zero-order valence-corrected chi connectivity index (χ0v) is 11.1. The molecule has 2 fully saturated rings. The first-order valence-electron chi connectivity index (χ1n) is 6.73. The molecule has 4 atom stereocenters. The van der Waals surface area contributed by atoms with Gasteiger partial charge in [-0.2, -0.15) is 0 Å². The summed E-state index contributed by atoms with van der Waals surface area (Å²) in [4.78, 5) is 0. The molecule has 0 spiro atoms. The second-order valence-corrected chi connectivity index (χ2v) is 6.73. The molecule has 2 aliphatic carbocycles. The minimum Gasteiger partial charge on any atom is -0.390 e. The summed E-state index contributed by atoms with van der Waals surface area (Å²) in [7, 11) is 0. The van der Waals surface area contributed by atoms with E-state index in [-0.39, 0.29) is 0 Å². The van der Waals surface area contributed by atoms with Gasteiger partial charge >= 0.3 is 0 Å². The Kier molecular flexibility index (Phi) is 2.94. The van der Waals surface area contributed by atoms with Crippen LogP contribution in [0.2, 0.25) is 0 Å². The van der Waals surface area contributed by atoms with Gasteiger partial charge in [-0.3, -0.25) is 0 Å². The predicted octanol–water partition coefficient (Wildman–Crippen LogP) is 3.92. The SMILES string of the molecule is C=C(C)[C@H]1CC[C@@]2(C)CCC[C@@](C)(O)C2C1. The Labute approximate surface area is 99.9 Å². The van der Waals surface area contributed by atoms with Crippen LogP contribution in [0.5, 0.6) is 0 Å². The topological polar surface area (TPSA) is 20.2 Å². The van der Waals surface area contributed by atoms with Crippen LogP contribution in [0.25, 0.3) is 0 Å². The molecule has 0 aromatic rings. The molecule has 0 saturated heterocycles. The maximum Gasteiger partial charge on any atom is 0.0653 e. The summed E-state index contributed by atoms with van der Waals surface area (Å²) < 4.78 is 0. The summed E-state index contributed by atoms with van der Waals surface area (Å²) in [5.74, 6) is 1.12. The highest BCUT2D eigenvalue weighted by atomic mass is 16.3. The summed E-state index contributed by atoms with van der Waals surface area (Å²) in [6.45, 7) is 10.7. The zero-order valence-electron chi connectivity index (χ0n) is 11.1. The minimum atomic E-state index is -0.443. The van der Waals surface area contributed by atoms with Crippen molar-refractivity contribution in [2.75, 3.05) is 0 Å². The molecule has 0 amide bonds. The molecule has 1 heteroatoms. The highest BCUT2D eigenvalue weighted by Gasteiger charge is 2.50. The fourth-order valence-electron chi connectivity index (χ4n) is 4.14. The van der Waals surface area contributed by atoms with Crippen molar-refractivity contribution in [2.45, 2.75) is 64.9 Å². The van der Waals surface area contributed by atoms with E-state index >= 15 is 0 Å². The smallest absolute Gasteiger partial charge is 0.0653 e. The molecule has 1 unspecified atom stereocenters. The fraction of sp³-hybridized carbons (Fsp3) is 0.867. The highest BCUT2D eigenvalue weighted by molar-refractivity contribution is 5.07. The van der Waals surface area contributed by atoms with Crippen molar-refractivity contribution in [1.29, 1.82) is 0 Å². The Morgan fingerprint density at radius 2 is 1.94 bits per heavy atom. The molecule has 0 heterocycles. The van der Waals surface area contributed by atoms with E-state index in [0.717, 1.165) is 12.8 Å². The van der Waals surface area contributed by atoms with Gasteiger partial charge in [-0.05, 0) is 63.2 Å². The van der Waals surface area contributed by atoms with Crippen LogP contribution in [-0.2, 0) is 0 Å². The number of fused-ring (bicyclic) bond motifs is 1. The van der Waals surface area contributed by atoms with E-state index in [9.17, 15) is 5.11 Å². The first-order chi connectivity index (χ1) is 7.35. The molecule has 0 radical (unpaired) electrons. The van der Waals surface area contributed by atoms with E-state index in [1.54, 1.807) is 0 Å². The first kappa shape index (κ1) is 12.2. The lowest BCUT2D eigenvalue weighted by Crippen LogP contribution is -2.51. The van der Waals surface area contributed by atoms with E-state index < -0.39 is 5.60 Å². The average molecular weight is 222 g/mol. The lowest BCUT2D eigenvalue weighted by molar-refractivity contribution is -0.120. The number of hydrogen-bond donors (Lipinski definition) is 1. The van der Waals surface area contributed by atoms with Crippen molar-refractivity contribution >= 4 is 0 Å². The lowest BCUT2D eigenvalue weighted by atomic mass is 9.53. The predicted molar refractivity (Wildman–Crippen MR) is 68.2 cm³/mol.